The maximum atomic E-state index is 5.84. The third-order valence-electron chi connectivity index (χ3n) is 2.53. The third kappa shape index (κ3) is 4.20. The smallest absolute Gasteiger partial charge is 0.0462 e. The number of rotatable bonds is 6. The van der Waals surface area contributed by atoms with Gasteiger partial charge < -0.3 is 10.5 Å². The highest BCUT2D eigenvalue weighted by Crippen LogP contribution is 2.21. The van der Waals surface area contributed by atoms with Crippen molar-refractivity contribution in [2.75, 3.05) is 20.3 Å². The molecule has 1 atom stereocenters. The van der Waals surface area contributed by atoms with Crippen LogP contribution in [-0.2, 0) is 4.74 Å². The van der Waals surface area contributed by atoms with Gasteiger partial charge in [-0.2, -0.15) is 0 Å². The van der Waals surface area contributed by atoms with Gasteiger partial charge >= 0.3 is 0 Å². The summed E-state index contributed by atoms with van der Waals surface area (Å²) in [5, 5.41) is 0.770. The molecule has 1 aromatic carbocycles. The molecule has 1 rings (SSSR count). The summed E-state index contributed by atoms with van der Waals surface area (Å²) in [6.45, 7) is 1.47. The van der Waals surface area contributed by atoms with E-state index in [0.29, 0.717) is 12.5 Å². The second kappa shape index (κ2) is 6.83. The van der Waals surface area contributed by atoms with E-state index in [9.17, 15) is 0 Å². The van der Waals surface area contributed by atoms with Crippen LogP contribution in [0.5, 0.6) is 0 Å². The molecule has 2 nitrogen and oxygen atoms in total. The molecule has 0 aliphatic rings. The lowest BCUT2D eigenvalue weighted by Gasteiger charge is -2.14. The lowest BCUT2D eigenvalue weighted by molar-refractivity contribution is 0.190. The number of nitrogens with two attached hydrogens (primary N) is 1. The molecule has 0 aliphatic carbocycles. The highest BCUT2D eigenvalue weighted by Gasteiger charge is 2.08. The Kier molecular flexibility index (Phi) is 5.69. The first kappa shape index (κ1) is 12.5. The Balaban J connectivity index is 2.53. The lowest BCUT2D eigenvalue weighted by atomic mass is 9.94. The van der Waals surface area contributed by atoms with E-state index in [0.717, 1.165) is 24.5 Å². The van der Waals surface area contributed by atoms with Gasteiger partial charge in [-0.05, 0) is 43.0 Å². The van der Waals surface area contributed by atoms with Crippen LogP contribution in [0.1, 0.15) is 24.3 Å². The maximum Gasteiger partial charge on any atom is 0.0462 e. The molecule has 0 radical (unpaired) electrons. The number of hydrogen-bond donors (Lipinski definition) is 1. The van der Waals surface area contributed by atoms with Gasteiger partial charge in [0, 0.05) is 18.7 Å². The first-order chi connectivity index (χ1) is 7.27. The van der Waals surface area contributed by atoms with E-state index < -0.39 is 0 Å². The first-order valence-corrected chi connectivity index (χ1v) is 5.60. The Morgan fingerprint density at radius 3 is 2.53 bits per heavy atom. The second-order valence-electron chi connectivity index (χ2n) is 3.62. The van der Waals surface area contributed by atoms with Gasteiger partial charge in [-0.15, -0.1) is 0 Å². The van der Waals surface area contributed by atoms with Gasteiger partial charge in [-0.3, -0.25) is 0 Å². The van der Waals surface area contributed by atoms with Gasteiger partial charge in [0.25, 0.3) is 0 Å². The summed E-state index contributed by atoms with van der Waals surface area (Å²) in [5.41, 5.74) is 7.01. The van der Waals surface area contributed by atoms with Crippen LogP contribution in [0.15, 0.2) is 24.3 Å². The zero-order valence-electron chi connectivity index (χ0n) is 9.08. The summed E-state index contributed by atoms with van der Waals surface area (Å²) >= 11 is 5.84. The van der Waals surface area contributed by atoms with Crippen LogP contribution in [0.3, 0.4) is 0 Å². The monoisotopic (exact) mass is 227 g/mol. The number of halogens is 1. The lowest BCUT2D eigenvalue weighted by Crippen LogP contribution is -2.13. The van der Waals surface area contributed by atoms with E-state index >= 15 is 0 Å². The van der Waals surface area contributed by atoms with Crippen LogP contribution < -0.4 is 5.73 Å². The van der Waals surface area contributed by atoms with Crippen LogP contribution in [0.4, 0.5) is 0 Å². The van der Waals surface area contributed by atoms with Crippen molar-refractivity contribution >= 4 is 11.6 Å². The van der Waals surface area contributed by atoms with Gasteiger partial charge in [0.15, 0.2) is 0 Å². The Labute approximate surface area is 96.4 Å². The molecule has 0 bridgehead atoms. The predicted octanol–water partition coefficient (Wildman–Crippen LogP) is 2.81. The number of hydrogen-bond acceptors (Lipinski definition) is 2. The Morgan fingerprint density at radius 2 is 2.00 bits per heavy atom. The van der Waals surface area contributed by atoms with Gasteiger partial charge in [0.1, 0.15) is 0 Å². The van der Waals surface area contributed by atoms with E-state index in [-0.39, 0.29) is 0 Å². The summed E-state index contributed by atoms with van der Waals surface area (Å²) < 4.78 is 5.03. The molecule has 0 amide bonds. The average Bonchev–Trinajstić information content (AvgIpc) is 2.26. The summed E-state index contributed by atoms with van der Waals surface area (Å²) in [5.74, 6) is 0.414. The minimum atomic E-state index is 0.414. The van der Waals surface area contributed by atoms with E-state index in [1.54, 1.807) is 7.11 Å². The fraction of sp³-hybridized carbons (Fsp3) is 0.500. The highest BCUT2D eigenvalue weighted by molar-refractivity contribution is 6.30. The van der Waals surface area contributed by atoms with Gasteiger partial charge in [-0.25, -0.2) is 0 Å². The molecule has 15 heavy (non-hydrogen) atoms. The molecule has 0 heterocycles. The minimum Gasteiger partial charge on any atom is -0.385 e. The maximum absolute atomic E-state index is 5.84. The highest BCUT2D eigenvalue weighted by atomic mass is 35.5. The molecule has 0 spiro atoms. The third-order valence-corrected chi connectivity index (χ3v) is 2.78. The van der Waals surface area contributed by atoms with Crippen molar-refractivity contribution < 1.29 is 4.74 Å². The molecule has 0 aliphatic heterocycles. The molecule has 2 N–H and O–H groups in total. The Bertz CT molecular complexity index is 273. The molecule has 0 saturated heterocycles. The summed E-state index contributed by atoms with van der Waals surface area (Å²) in [7, 11) is 1.72. The molecule has 0 aromatic heterocycles. The van der Waals surface area contributed by atoms with Crippen molar-refractivity contribution in [3.63, 3.8) is 0 Å². The first-order valence-electron chi connectivity index (χ1n) is 5.22. The minimum absolute atomic E-state index is 0.414. The van der Waals surface area contributed by atoms with Crippen molar-refractivity contribution in [1.29, 1.82) is 0 Å². The zero-order chi connectivity index (χ0) is 11.1. The van der Waals surface area contributed by atoms with E-state index in [2.05, 4.69) is 0 Å². The summed E-state index contributed by atoms with van der Waals surface area (Å²) in [6.07, 6.45) is 2.10. The van der Waals surface area contributed by atoms with E-state index in [1.807, 2.05) is 24.3 Å². The molecular weight excluding hydrogens is 210 g/mol. The quantitative estimate of drug-likeness (QED) is 0.759. The molecule has 0 saturated carbocycles. The second-order valence-corrected chi connectivity index (χ2v) is 4.06. The van der Waals surface area contributed by atoms with Crippen molar-refractivity contribution in [2.24, 2.45) is 5.73 Å². The van der Waals surface area contributed by atoms with Crippen LogP contribution in [0.25, 0.3) is 0 Å². The topological polar surface area (TPSA) is 35.2 Å². The van der Waals surface area contributed by atoms with Crippen LogP contribution in [-0.4, -0.2) is 20.3 Å². The van der Waals surface area contributed by atoms with Crippen molar-refractivity contribution in [3.8, 4) is 0 Å². The molecular formula is C12H18ClNO. The summed E-state index contributed by atoms with van der Waals surface area (Å²) in [4.78, 5) is 0. The van der Waals surface area contributed by atoms with Gasteiger partial charge in [0.05, 0.1) is 0 Å². The molecule has 0 fully saturated rings. The van der Waals surface area contributed by atoms with Crippen molar-refractivity contribution in [1.82, 2.24) is 0 Å². The molecule has 3 heteroatoms. The van der Waals surface area contributed by atoms with Crippen molar-refractivity contribution in [3.05, 3.63) is 34.9 Å². The van der Waals surface area contributed by atoms with E-state index in [4.69, 9.17) is 22.1 Å². The fourth-order valence-corrected chi connectivity index (χ4v) is 1.76. The normalized spacial score (nSPS) is 12.7. The molecule has 0 unspecified atom stereocenters. The zero-order valence-corrected chi connectivity index (χ0v) is 9.83. The number of benzene rings is 1. The Hall–Kier alpha value is -0.570. The molecule has 1 aromatic rings. The van der Waals surface area contributed by atoms with Crippen LogP contribution >= 0.6 is 11.6 Å². The standard InChI is InChI=1S/C12H18ClNO/c1-15-8-2-3-11(9-14)10-4-6-12(13)7-5-10/h4-7,11H,2-3,8-9,14H2,1H3/t11-/m1/s1. The molecule has 84 valence electrons. The largest absolute Gasteiger partial charge is 0.385 e. The predicted molar refractivity (Wildman–Crippen MR) is 64.4 cm³/mol. The SMILES string of the molecule is COCCC[C@H](CN)c1ccc(Cl)cc1. The van der Waals surface area contributed by atoms with Gasteiger partial charge in [0.2, 0.25) is 0 Å². The van der Waals surface area contributed by atoms with E-state index in [1.165, 1.54) is 5.56 Å². The number of methoxy groups -OCH3 is 1. The van der Waals surface area contributed by atoms with Crippen LogP contribution in [0.2, 0.25) is 5.02 Å². The van der Waals surface area contributed by atoms with Crippen molar-refractivity contribution in [2.45, 2.75) is 18.8 Å². The Morgan fingerprint density at radius 1 is 1.33 bits per heavy atom. The average molecular weight is 228 g/mol. The van der Waals surface area contributed by atoms with Gasteiger partial charge in [-0.1, -0.05) is 23.7 Å². The van der Waals surface area contributed by atoms with Crippen LogP contribution in [0, 0.1) is 0 Å². The summed E-state index contributed by atoms with van der Waals surface area (Å²) in [6, 6.07) is 7.92. The number of ether oxygens (including phenoxy) is 1. The fourth-order valence-electron chi connectivity index (χ4n) is 1.63.